The smallest absolute Gasteiger partial charge is 0.00139 e. The van der Waals surface area contributed by atoms with Crippen LogP contribution in [0.2, 0.25) is 0 Å². The molecule has 0 N–H and O–H groups in total. The Morgan fingerprint density at radius 3 is 1.08 bits per heavy atom. The van der Waals surface area contributed by atoms with Crippen molar-refractivity contribution in [3.05, 3.63) is 266 Å². The topological polar surface area (TPSA) is 0 Å². The molecule has 0 aromatic heterocycles. The molecule has 0 saturated heterocycles. The van der Waals surface area contributed by atoms with Gasteiger partial charge in [-0.05, 0) is 127 Å². The summed E-state index contributed by atoms with van der Waals surface area (Å²) in [6.07, 6.45) is 4.58. The Bertz CT molecular complexity index is 3770. The van der Waals surface area contributed by atoms with E-state index >= 15 is 0 Å². The van der Waals surface area contributed by atoms with Gasteiger partial charge in [-0.15, -0.1) is 0 Å². The lowest BCUT2D eigenvalue weighted by atomic mass is 9.82. The van der Waals surface area contributed by atoms with Crippen molar-refractivity contribution in [2.45, 2.75) is 0 Å². The highest BCUT2D eigenvalue weighted by atomic mass is 14.2. The summed E-state index contributed by atoms with van der Waals surface area (Å²) < 4.78 is 0. The molecule has 12 aromatic carbocycles. The molecule has 0 amide bonds. The van der Waals surface area contributed by atoms with Crippen LogP contribution in [-0.4, -0.2) is 0 Å². The maximum Gasteiger partial charge on any atom is -0.00139 e. The molecule has 0 spiro atoms. The third-order valence-corrected chi connectivity index (χ3v) is 13.3. The number of fused-ring (bicyclic) bond motifs is 4. The van der Waals surface area contributed by atoms with Gasteiger partial charge in [0, 0.05) is 0 Å². The minimum absolute atomic E-state index is 1.14. The van der Waals surface area contributed by atoms with Gasteiger partial charge in [-0.1, -0.05) is 261 Å². The first kappa shape index (κ1) is 39.0. The summed E-state index contributed by atoms with van der Waals surface area (Å²) in [5.74, 6) is 0. The monoisotopic (exact) mass is 836 g/mol. The average molecular weight is 837 g/mol. The molecule has 308 valence electrons. The van der Waals surface area contributed by atoms with Crippen molar-refractivity contribution in [2.24, 2.45) is 0 Å². The minimum Gasteiger partial charge on any atom is -0.0622 e. The summed E-state index contributed by atoms with van der Waals surface area (Å²) in [5.41, 5.74) is 17.0. The quantitative estimate of drug-likeness (QED) is 0.106. The van der Waals surface area contributed by atoms with Gasteiger partial charge >= 0.3 is 0 Å². The van der Waals surface area contributed by atoms with Crippen LogP contribution in [0, 0.1) is 0 Å². The molecule has 0 atom stereocenters. The molecule has 0 bridgehead atoms. The van der Waals surface area contributed by atoms with E-state index in [4.69, 9.17) is 0 Å². The lowest BCUT2D eigenvalue weighted by Crippen LogP contribution is -1.94. The highest BCUT2D eigenvalue weighted by molar-refractivity contribution is 6.26. The Hall–Kier alpha value is -8.58. The highest BCUT2D eigenvalue weighted by Gasteiger charge is 2.22. The van der Waals surface area contributed by atoms with Crippen LogP contribution in [0.15, 0.2) is 255 Å². The van der Waals surface area contributed by atoms with E-state index in [2.05, 4.69) is 267 Å². The Labute approximate surface area is 386 Å². The first-order valence-corrected chi connectivity index (χ1v) is 22.8. The summed E-state index contributed by atoms with van der Waals surface area (Å²) in [6, 6.07) is 93.0. The van der Waals surface area contributed by atoms with Crippen molar-refractivity contribution in [1.29, 1.82) is 0 Å². The van der Waals surface area contributed by atoms with Crippen LogP contribution in [0.4, 0.5) is 0 Å². The second-order valence-electron chi connectivity index (χ2n) is 17.1. The molecule has 0 radical (unpaired) electrons. The van der Waals surface area contributed by atoms with Crippen molar-refractivity contribution in [1.82, 2.24) is 0 Å². The zero-order chi connectivity index (χ0) is 43.8. The van der Waals surface area contributed by atoms with Gasteiger partial charge in [-0.3, -0.25) is 0 Å². The molecular formula is C66H44. The van der Waals surface area contributed by atoms with Gasteiger partial charge in [-0.25, -0.2) is 0 Å². The molecule has 0 heterocycles. The molecular weight excluding hydrogens is 793 g/mol. The molecule has 0 aliphatic carbocycles. The molecule has 0 heteroatoms. The summed E-state index contributed by atoms with van der Waals surface area (Å²) in [4.78, 5) is 0. The summed E-state index contributed by atoms with van der Waals surface area (Å²) in [7, 11) is 0. The van der Waals surface area contributed by atoms with Gasteiger partial charge in [0.05, 0.1) is 0 Å². The minimum atomic E-state index is 1.14. The zero-order valence-electron chi connectivity index (χ0n) is 36.4. The lowest BCUT2D eigenvalue weighted by molar-refractivity contribution is 1.60. The molecule has 0 nitrogen and oxygen atoms in total. The van der Waals surface area contributed by atoms with E-state index in [0.29, 0.717) is 0 Å². The summed E-state index contributed by atoms with van der Waals surface area (Å²) in [6.45, 7) is 0. The van der Waals surface area contributed by atoms with Crippen molar-refractivity contribution < 1.29 is 0 Å². The van der Waals surface area contributed by atoms with E-state index in [0.717, 1.165) is 5.56 Å². The fourth-order valence-corrected chi connectivity index (χ4v) is 10.4. The van der Waals surface area contributed by atoms with Gasteiger partial charge in [0.25, 0.3) is 0 Å². The van der Waals surface area contributed by atoms with E-state index in [1.165, 1.54) is 115 Å². The standard InChI is InChI=1S/C66H44/c1-5-24-47(25-6-1)61-55-34-15-17-36-57(55)63(49-28-9-3-10-29-49)65-53(38-20-40-59(61)65)51-32-19-22-45(44-51)42-43-46-23-13-14-33-52(46)54-39-21-41-60-62(48-26-7-2-8-27-48)56-35-16-18-37-58(56)64(66(54)60)50-30-11-4-12-31-50/h1-44H. The second kappa shape index (κ2) is 16.8. The van der Waals surface area contributed by atoms with Crippen molar-refractivity contribution in [3.8, 4) is 66.8 Å². The predicted molar refractivity (Wildman–Crippen MR) is 284 cm³/mol. The van der Waals surface area contributed by atoms with E-state index in [1.54, 1.807) is 0 Å². The van der Waals surface area contributed by atoms with Crippen molar-refractivity contribution >= 4 is 55.2 Å². The first-order chi connectivity index (χ1) is 32.8. The first-order valence-electron chi connectivity index (χ1n) is 22.8. The van der Waals surface area contributed by atoms with E-state index in [1.807, 2.05) is 0 Å². The fourth-order valence-electron chi connectivity index (χ4n) is 10.4. The third-order valence-electron chi connectivity index (χ3n) is 13.3. The van der Waals surface area contributed by atoms with Gasteiger partial charge in [0.2, 0.25) is 0 Å². The molecule has 0 aliphatic heterocycles. The Morgan fingerprint density at radius 1 is 0.212 bits per heavy atom. The van der Waals surface area contributed by atoms with Crippen LogP contribution in [0.3, 0.4) is 0 Å². The molecule has 12 rings (SSSR count). The van der Waals surface area contributed by atoms with Crippen LogP contribution in [0.5, 0.6) is 0 Å². The van der Waals surface area contributed by atoms with Crippen LogP contribution < -0.4 is 0 Å². The molecule has 0 fully saturated rings. The molecule has 12 aromatic rings. The normalized spacial score (nSPS) is 11.6. The summed E-state index contributed by atoms with van der Waals surface area (Å²) in [5, 5.41) is 10.0. The molecule has 0 unspecified atom stereocenters. The van der Waals surface area contributed by atoms with Gasteiger partial charge in [-0.2, -0.15) is 0 Å². The van der Waals surface area contributed by atoms with Crippen LogP contribution in [-0.2, 0) is 0 Å². The van der Waals surface area contributed by atoms with Gasteiger partial charge in [0.15, 0.2) is 0 Å². The van der Waals surface area contributed by atoms with Crippen LogP contribution in [0.25, 0.3) is 122 Å². The van der Waals surface area contributed by atoms with Gasteiger partial charge in [0.1, 0.15) is 0 Å². The fraction of sp³-hybridized carbons (Fsp3) is 0. The third kappa shape index (κ3) is 6.79. The van der Waals surface area contributed by atoms with Crippen LogP contribution >= 0.6 is 0 Å². The second-order valence-corrected chi connectivity index (χ2v) is 17.1. The molecule has 0 aliphatic rings. The van der Waals surface area contributed by atoms with Gasteiger partial charge < -0.3 is 0 Å². The predicted octanol–water partition coefficient (Wildman–Crippen LogP) is 18.5. The SMILES string of the molecule is C(=Cc1ccccc1-c1cccc2c(-c3ccccc3)c3ccccc3c(-c3ccccc3)c12)c1cccc(-c2cccc3c(-c4ccccc4)c4ccccc4c(-c4ccccc4)c23)c1. The molecule has 66 heavy (non-hydrogen) atoms. The highest BCUT2D eigenvalue weighted by Crippen LogP contribution is 2.49. The maximum atomic E-state index is 2.35. The number of rotatable bonds is 8. The van der Waals surface area contributed by atoms with E-state index < -0.39 is 0 Å². The number of hydrogen-bond acceptors (Lipinski definition) is 0. The zero-order valence-corrected chi connectivity index (χ0v) is 36.4. The number of hydrogen-bond donors (Lipinski definition) is 0. The van der Waals surface area contributed by atoms with Crippen LogP contribution in [0.1, 0.15) is 11.1 Å². The Kier molecular flexibility index (Phi) is 9.97. The van der Waals surface area contributed by atoms with E-state index in [-0.39, 0.29) is 0 Å². The Balaban J connectivity index is 1.04. The molecule has 0 saturated carbocycles. The Morgan fingerprint density at radius 2 is 0.561 bits per heavy atom. The largest absolute Gasteiger partial charge is 0.0622 e. The average Bonchev–Trinajstić information content (AvgIpc) is 3.39. The maximum absolute atomic E-state index is 2.35. The number of benzene rings is 12. The lowest BCUT2D eigenvalue weighted by Gasteiger charge is -2.21. The summed E-state index contributed by atoms with van der Waals surface area (Å²) >= 11 is 0. The van der Waals surface area contributed by atoms with E-state index in [9.17, 15) is 0 Å². The van der Waals surface area contributed by atoms with Crippen molar-refractivity contribution in [3.63, 3.8) is 0 Å². The van der Waals surface area contributed by atoms with Crippen molar-refractivity contribution in [2.75, 3.05) is 0 Å².